The lowest BCUT2D eigenvalue weighted by molar-refractivity contribution is -0.113. The molecular weight excluding hydrogens is 248 g/mol. The summed E-state index contributed by atoms with van der Waals surface area (Å²) in [7, 11) is 1.65. The van der Waals surface area contributed by atoms with Gasteiger partial charge in [-0.2, -0.15) is 0 Å². The summed E-state index contributed by atoms with van der Waals surface area (Å²) in [6.07, 6.45) is 1.98. The van der Waals surface area contributed by atoms with E-state index in [1.54, 1.807) is 14.0 Å². The van der Waals surface area contributed by atoms with Crippen LogP contribution in [-0.2, 0) is 4.79 Å². The Hall–Kier alpha value is -2.35. The molecule has 2 heteroatoms. The van der Waals surface area contributed by atoms with E-state index in [2.05, 4.69) is 18.2 Å². The Kier molecular flexibility index (Phi) is 3.15. The maximum Gasteiger partial charge on any atom is 0.156 e. The van der Waals surface area contributed by atoms with E-state index >= 15 is 0 Å². The van der Waals surface area contributed by atoms with Crippen molar-refractivity contribution in [3.05, 3.63) is 70.8 Å². The van der Waals surface area contributed by atoms with E-state index in [1.165, 1.54) is 5.56 Å². The van der Waals surface area contributed by atoms with Gasteiger partial charge in [0.15, 0.2) is 5.78 Å². The predicted octanol–water partition coefficient (Wildman–Crippen LogP) is 3.81. The second-order valence-corrected chi connectivity index (χ2v) is 4.99. The van der Waals surface area contributed by atoms with Crippen LogP contribution in [0.1, 0.15) is 29.5 Å². The van der Waals surface area contributed by atoms with Crippen molar-refractivity contribution in [2.75, 3.05) is 7.11 Å². The van der Waals surface area contributed by atoms with Gasteiger partial charge in [0.05, 0.1) is 7.11 Å². The highest BCUT2D eigenvalue weighted by Gasteiger charge is 2.29. The number of ketones is 1. The molecule has 0 radical (unpaired) electrons. The molecule has 0 saturated heterocycles. The maximum atomic E-state index is 12.0. The van der Waals surface area contributed by atoms with Gasteiger partial charge >= 0.3 is 0 Å². The quantitative estimate of drug-likeness (QED) is 0.842. The first-order chi connectivity index (χ1) is 9.70. The van der Waals surface area contributed by atoms with Gasteiger partial charge in [0, 0.05) is 11.5 Å². The topological polar surface area (TPSA) is 26.3 Å². The normalized spacial score (nSPS) is 16.5. The van der Waals surface area contributed by atoms with Crippen molar-refractivity contribution < 1.29 is 9.53 Å². The van der Waals surface area contributed by atoms with Crippen molar-refractivity contribution in [2.45, 2.75) is 12.8 Å². The molecule has 20 heavy (non-hydrogen) atoms. The minimum atomic E-state index is 0.0367. The Morgan fingerprint density at radius 2 is 1.85 bits per heavy atom. The number of ether oxygens (including phenoxy) is 1. The summed E-state index contributed by atoms with van der Waals surface area (Å²) >= 11 is 0. The largest absolute Gasteiger partial charge is 0.497 e. The van der Waals surface area contributed by atoms with Crippen molar-refractivity contribution in [1.82, 2.24) is 0 Å². The van der Waals surface area contributed by atoms with Gasteiger partial charge in [0.25, 0.3) is 0 Å². The molecule has 0 saturated carbocycles. The van der Waals surface area contributed by atoms with Gasteiger partial charge in [0.2, 0.25) is 0 Å². The smallest absolute Gasteiger partial charge is 0.156 e. The Morgan fingerprint density at radius 1 is 1.10 bits per heavy atom. The number of benzene rings is 2. The van der Waals surface area contributed by atoms with E-state index in [0.29, 0.717) is 0 Å². The van der Waals surface area contributed by atoms with Crippen LogP contribution in [0, 0.1) is 0 Å². The van der Waals surface area contributed by atoms with Gasteiger partial charge in [-0.1, -0.05) is 36.4 Å². The fourth-order valence-electron chi connectivity index (χ4n) is 2.80. The second kappa shape index (κ2) is 4.97. The average molecular weight is 264 g/mol. The fraction of sp³-hybridized carbons (Fsp3) is 0.167. The van der Waals surface area contributed by atoms with Gasteiger partial charge in [-0.15, -0.1) is 0 Å². The highest BCUT2D eigenvalue weighted by molar-refractivity contribution is 6.02. The summed E-state index contributed by atoms with van der Waals surface area (Å²) in [5, 5.41) is 0. The number of carbonyl (C=O) groups excluding carboxylic acids is 1. The van der Waals surface area contributed by atoms with E-state index < -0.39 is 0 Å². The standard InChI is InChI=1S/C18H16O2/c1-12(19)17-11-14-10-15(20-2)8-9-16(14)18(17)13-6-4-3-5-7-13/h3-11,18H,1-2H3. The van der Waals surface area contributed by atoms with Gasteiger partial charge in [-0.25, -0.2) is 0 Å². The van der Waals surface area contributed by atoms with Crippen LogP contribution in [-0.4, -0.2) is 12.9 Å². The molecule has 0 fully saturated rings. The van der Waals surface area contributed by atoms with Crippen molar-refractivity contribution in [1.29, 1.82) is 0 Å². The van der Waals surface area contributed by atoms with Crippen LogP contribution in [0.5, 0.6) is 5.75 Å². The van der Waals surface area contributed by atoms with Crippen LogP contribution in [0.4, 0.5) is 0 Å². The first kappa shape index (κ1) is 12.7. The highest BCUT2D eigenvalue weighted by atomic mass is 16.5. The van der Waals surface area contributed by atoms with E-state index in [0.717, 1.165) is 22.4 Å². The molecular formula is C18H16O2. The summed E-state index contributed by atoms with van der Waals surface area (Å²) in [6.45, 7) is 1.63. The molecule has 0 heterocycles. The highest BCUT2D eigenvalue weighted by Crippen LogP contribution is 2.42. The van der Waals surface area contributed by atoms with Gasteiger partial charge in [0.1, 0.15) is 5.75 Å². The molecule has 1 atom stereocenters. The molecule has 0 N–H and O–H groups in total. The zero-order chi connectivity index (χ0) is 14.1. The third-order valence-corrected chi connectivity index (χ3v) is 3.77. The molecule has 1 unspecified atom stereocenters. The van der Waals surface area contributed by atoms with Gasteiger partial charge in [-0.05, 0) is 41.8 Å². The van der Waals surface area contributed by atoms with Crippen LogP contribution in [0.25, 0.3) is 6.08 Å². The third kappa shape index (κ3) is 2.03. The Labute approximate surface area is 118 Å². The monoisotopic (exact) mass is 264 g/mol. The van der Waals surface area contributed by atoms with Crippen LogP contribution in [0.15, 0.2) is 54.1 Å². The molecule has 2 aromatic carbocycles. The van der Waals surface area contributed by atoms with Crippen LogP contribution in [0.2, 0.25) is 0 Å². The zero-order valence-electron chi connectivity index (χ0n) is 11.6. The minimum Gasteiger partial charge on any atom is -0.497 e. The molecule has 0 spiro atoms. The molecule has 2 aromatic rings. The molecule has 1 aliphatic rings. The number of methoxy groups -OCH3 is 1. The zero-order valence-corrected chi connectivity index (χ0v) is 11.6. The van der Waals surface area contributed by atoms with E-state index in [1.807, 2.05) is 36.4 Å². The van der Waals surface area contributed by atoms with Crippen molar-refractivity contribution in [3.8, 4) is 5.75 Å². The number of allylic oxidation sites excluding steroid dienone is 1. The SMILES string of the molecule is COc1ccc2c(c1)C=C(C(C)=O)C2c1ccccc1. The number of hydrogen-bond donors (Lipinski definition) is 0. The number of hydrogen-bond acceptors (Lipinski definition) is 2. The van der Waals surface area contributed by atoms with E-state index in [4.69, 9.17) is 4.74 Å². The Balaban J connectivity index is 2.15. The first-order valence-electron chi connectivity index (χ1n) is 6.66. The lowest BCUT2D eigenvalue weighted by Crippen LogP contribution is -2.07. The fourth-order valence-corrected chi connectivity index (χ4v) is 2.80. The summed E-state index contributed by atoms with van der Waals surface area (Å²) in [4.78, 5) is 12.0. The van der Waals surface area contributed by atoms with Crippen molar-refractivity contribution in [2.24, 2.45) is 0 Å². The number of carbonyl (C=O) groups is 1. The van der Waals surface area contributed by atoms with Crippen molar-refractivity contribution >= 4 is 11.9 Å². The van der Waals surface area contributed by atoms with Crippen LogP contribution >= 0.6 is 0 Å². The molecule has 100 valence electrons. The average Bonchev–Trinajstić information content (AvgIpc) is 2.86. The number of rotatable bonds is 3. The Bertz CT molecular complexity index is 684. The van der Waals surface area contributed by atoms with Crippen LogP contribution < -0.4 is 4.74 Å². The van der Waals surface area contributed by atoms with Crippen molar-refractivity contribution in [3.63, 3.8) is 0 Å². The first-order valence-corrected chi connectivity index (χ1v) is 6.66. The molecule has 0 aromatic heterocycles. The number of fused-ring (bicyclic) bond motifs is 1. The van der Waals surface area contributed by atoms with E-state index in [-0.39, 0.29) is 11.7 Å². The molecule has 0 aliphatic heterocycles. The molecule has 0 amide bonds. The minimum absolute atomic E-state index is 0.0367. The van der Waals surface area contributed by atoms with Gasteiger partial charge < -0.3 is 4.74 Å². The summed E-state index contributed by atoms with van der Waals surface area (Å²) in [5.74, 6) is 0.972. The maximum absolute atomic E-state index is 12.0. The Morgan fingerprint density at radius 3 is 2.50 bits per heavy atom. The number of Topliss-reactive ketones (excluding diaryl/α,β-unsaturated/α-hetero) is 1. The third-order valence-electron chi connectivity index (χ3n) is 3.77. The van der Waals surface area contributed by atoms with Gasteiger partial charge in [-0.3, -0.25) is 4.79 Å². The van der Waals surface area contributed by atoms with E-state index in [9.17, 15) is 4.79 Å². The summed E-state index contributed by atoms with van der Waals surface area (Å²) in [5.41, 5.74) is 4.24. The lowest BCUT2D eigenvalue weighted by Gasteiger charge is -2.16. The second-order valence-electron chi connectivity index (χ2n) is 4.99. The summed E-state index contributed by atoms with van der Waals surface area (Å²) in [6, 6.07) is 16.1. The lowest BCUT2D eigenvalue weighted by atomic mass is 9.87. The predicted molar refractivity (Wildman–Crippen MR) is 79.9 cm³/mol. The summed E-state index contributed by atoms with van der Waals surface area (Å²) < 4.78 is 5.26. The molecule has 3 rings (SSSR count). The molecule has 2 nitrogen and oxygen atoms in total. The molecule has 1 aliphatic carbocycles. The molecule has 0 bridgehead atoms. The van der Waals surface area contributed by atoms with Crippen LogP contribution in [0.3, 0.4) is 0 Å².